The van der Waals surface area contributed by atoms with Gasteiger partial charge in [0.25, 0.3) is 0 Å². The molecule has 2 aromatic carbocycles. The molecule has 0 aromatic heterocycles. The van der Waals surface area contributed by atoms with Crippen LogP contribution in [0.5, 0.6) is 5.75 Å². The van der Waals surface area contributed by atoms with E-state index in [1.54, 1.807) is 7.11 Å². The molecular formula is C28H25NO. The van der Waals surface area contributed by atoms with Gasteiger partial charge in [0.1, 0.15) is 5.75 Å². The first-order valence-electron chi connectivity index (χ1n) is 9.65. The molecule has 0 amide bonds. The largest absolute Gasteiger partial charge is 0.497 e. The summed E-state index contributed by atoms with van der Waals surface area (Å²) >= 11 is 0. The maximum absolute atomic E-state index is 9.23. The second-order valence-electron chi connectivity index (χ2n) is 6.11. The van der Waals surface area contributed by atoms with E-state index in [-0.39, 0.29) is 0 Å². The van der Waals surface area contributed by atoms with Gasteiger partial charge in [0.05, 0.1) is 18.8 Å². The molecule has 148 valence electrons. The third-order valence-corrected chi connectivity index (χ3v) is 3.98. The Morgan fingerprint density at radius 1 is 0.700 bits per heavy atom. The van der Waals surface area contributed by atoms with Gasteiger partial charge in [-0.25, -0.2) is 0 Å². The Morgan fingerprint density at radius 2 is 1.23 bits per heavy atom. The number of nitrogens with zero attached hydrogens (tertiary/aromatic N) is 1. The lowest BCUT2D eigenvalue weighted by Crippen LogP contribution is -1.81. The van der Waals surface area contributed by atoms with Crippen LogP contribution >= 0.6 is 0 Å². The van der Waals surface area contributed by atoms with Crippen molar-refractivity contribution in [3.63, 3.8) is 0 Å². The van der Waals surface area contributed by atoms with Crippen molar-refractivity contribution in [1.29, 1.82) is 5.26 Å². The first kappa shape index (κ1) is 22.2. The number of hydrogen-bond acceptors (Lipinski definition) is 2. The molecule has 0 unspecified atom stereocenters. The van der Waals surface area contributed by atoms with Crippen LogP contribution in [0.3, 0.4) is 0 Å². The van der Waals surface area contributed by atoms with E-state index in [1.807, 2.05) is 134 Å². The minimum absolute atomic E-state index is 0.645. The summed E-state index contributed by atoms with van der Waals surface area (Å²) in [7, 11) is 1.66. The second kappa shape index (κ2) is 14.0. The Morgan fingerprint density at radius 3 is 1.77 bits per heavy atom. The van der Waals surface area contributed by atoms with Crippen molar-refractivity contribution in [2.24, 2.45) is 0 Å². The van der Waals surface area contributed by atoms with E-state index in [2.05, 4.69) is 6.07 Å². The van der Waals surface area contributed by atoms with E-state index >= 15 is 0 Å². The van der Waals surface area contributed by atoms with Crippen molar-refractivity contribution >= 4 is 11.6 Å². The summed E-state index contributed by atoms with van der Waals surface area (Å²) in [6.45, 7) is 0. The van der Waals surface area contributed by atoms with Gasteiger partial charge in [0, 0.05) is 0 Å². The molecule has 0 fully saturated rings. The van der Waals surface area contributed by atoms with Crippen LogP contribution in [-0.4, -0.2) is 7.11 Å². The van der Waals surface area contributed by atoms with Crippen LogP contribution < -0.4 is 4.74 Å². The molecular weight excluding hydrogens is 366 g/mol. The molecule has 0 aliphatic heterocycles. The molecule has 0 aliphatic carbocycles. The van der Waals surface area contributed by atoms with Crippen molar-refractivity contribution in [1.82, 2.24) is 0 Å². The normalized spacial score (nSPS) is 12.9. The lowest BCUT2D eigenvalue weighted by Gasteiger charge is -1.98. The summed E-state index contributed by atoms with van der Waals surface area (Å²) in [5.74, 6) is 0.859. The highest BCUT2D eigenvalue weighted by atomic mass is 16.5. The molecule has 2 rings (SSSR count). The van der Waals surface area contributed by atoms with Crippen LogP contribution in [0.1, 0.15) is 11.1 Å². The highest BCUT2D eigenvalue weighted by Crippen LogP contribution is 2.13. The summed E-state index contributed by atoms with van der Waals surface area (Å²) < 4.78 is 5.14. The van der Waals surface area contributed by atoms with Gasteiger partial charge in [-0.05, 0) is 29.3 Å². The molecule has 2 heteroatoms. The average Bonchev–Trinajstić information content (AvgIpc) is 2.80. The predicted octanol–water partition coefficient (Wildman–Crippen LogP) is 7.10. The zero-order valence-electron chi connectivity index (χ0n) is 17.1. The van der Waals surface area contributed by atoms with Gasteiger partial charge < -0.3 is 4.74 Å². The Labute approximate surface area is 179 Å². The fraction of sp³-hybridized carbons (Fsp3) is 0.0357. The fourth-order valence-electron chi connectivity index (χ4n) is 2.43. The standard InChI is InChI=1S/C28H25NO/c1-30-28-22-20-25(21-23-28)16-12-9-7-5-3-2-4-6-8-10-13-19-27(24-29)26-17-14-11-15-18-26/h2-23H,1H3/b4-2+,5-3+,8-6+,9-7+,13-10+,16-12+,27-19+. The van der Waals surface area contributed by atoms with Crippen molar-refractivity contribution in [3.8, 4) is 11.8 Å². The van der Waals surface area contributed by atoms with E-state index in [9.17, 15) is 5.26 Å². The molecule has 0 radical (unpaired) electrons. The SMILES string of the molecule is COc1ccc(/C=C/C=C/C=C/C=C/C=C/C=C/C=C(\C#N)c2ccccc2)cc1. The van der Waals surface area contributed by atoms with Crippen molar-refractivity contribution in [2.75, 3.05) is 7.11 Å². The highest BCUT2D eigenvalue weighted by Gasteiger charge is 1.96. The summed E-state index contributed by atoms with van der Waals surface area (Å²) in [5, 5.41) is 9.23. The number of allylic oxidation sites excluding steroid dienone is 13. The van der Waals surface area contributed by atoms with Crippen LogP contribution in [0.4, 0.5) is 0 Å². The lowest BCUT2D eigenvalue weighted by atomic mass is 10.1. The van der Waals surface area contributed by atoms with Crippen molar-refractivity contribution in [2.45, 2.75) is 0 Å². The van der Waals surface area contributed by atoms with Gasteiger partial charge >= 0.3 is 0 Å². The van der Waals surface area contributed by atoms with Crippen molar-refractivity contribution in [3.05, 3.63) is 139 Å². The van der Waals surface area contributed by atoms with Crippen LogP contribution in [0.2, 0.25) is 0 Å². The number of nitriles is 1. The van der Waals surface area contributed by atoms with Crippen LogP contribution in [0.15, 0.2) is 128 Å². The molecule has 2 nitrogen and oxygen atoms in total. The Bertz CT molecular complexity index is 1010. The molecule has 30 heavy (non-hydrogen) atoms. The van der Waals surface area contributed by atoms with Crippen LogP contribution in [0, 0.1) is 11.3 Å². The summed E-state index contributed by atoms with van der Waals surface area (Å²) in [6.07, 6.45) is 25.3. The van der Waals surface area contributed by atoms with Crippen molar-refractivity contribution < 1.29 is 4.74 Å². The highest BCUT2D eigenvalue weighted by molar-refractivity contribution is 5.77. The average molecular weight is 392 g/mol. The van der Waals surface area contributed by atoms with E-state index in [0.717, 1.165) is 16.9 Å². The summed E-state index contributed by atoms with van der Waals surface area (Å²) in [6, 6.07) is 19.8. The van der Waals surface area contributed by atoms with Gasteiger partial charge in [-0.1, -0.05) is 115 Å². The molecule has 0 atom stereocenters. The Kier molecular flexibility index (Phi) is 10.4. The Balaban J connectivity index is 1.72. The quantitative estimate of drug-likeness (QED) is 0.337. The molecule has 0 saturated carbocycles. The number of ether oxygens (including phenoxy) is 1. The topological polar surface area (TPSA) is 33.0 Å². The van der Waals surface area contributed by atoms with Gasteiger partial charge in [-0.15, -0.1) is 0 Å². The lowest BCUT2D eigenvalue weighted by molar-refractivity contribution is 0.415. The number of hydrogen-bond donors (Lipinski definition) is 0. The molecule has 2 aromatic rings. The first-order chi connectivity index (χ1) is 14.8. The van der Waals surface area contributed by atoms with E-state index in [0.29, 0.717) is 5.57 Å². The summed E-state index contributed by atoms with van der Waals surface area (Å²) in [4.78, 5) is 0. The number of rotatable bonds is 9. The van der Waals surface area contributed by atoms with Gasteiger partial charge in [-0.3, -0.25) is 0 Å². The molecule has 0 aliphatic rings. The van der Waals surface area contributed by atoms with Gasteiger partial charge in [0.2, 0.25) is 0 Å². The minimum Gasteiger partial charge on any atom is -0.497 e. The third kappa shape index (κ3) is 8.73. The molecule has 0 bridgehead atoms. The van der Waals surface area contributed by atoms with Gasteiger partial charge in [-0.2, -0.15) is 5.26 Å². The zero-order chi connectivity index (χ0) is 21.3. The summed E-state index contributed by atoms with van der Waals surface area (Å²) in [5.41, 5.74) is 2.69. The maximum atomic E-state index is 9.23. The Hall–Kier alpha value is -4.09. The van der Waals surface area contributed by atoms with Crippen LogP contribution in [0.25, 0.3) is 11.6 Å². The van der Waals surface area contributed by atoms with E-state index in [1.165, 1.54) is 0 Å². The number of benzene rings is 2. The second-order valence-corrected chi connectivity index (χ2v) is 6.11. The fourth-order valence-corrected chi connectivity index (χ4v) is 2.43. The predicted molar refractivity (Wildman–Crippen MR) is 128 cm³/mol. The molecule has 0 N–H and O–H groups in total. The molecule has 0 spiro atoms. The van der Waals surface area contributed by atoms with Crippen LogP contribution in [-0.2, 0) is 0 Å². The molecule has 0 heterocycles. The first-order valence-corrected chi connectivity index (χ1v) is 9.65. The number of methoxy groups -OCH3 is 1. The smallest absolute Gasteiger partial charge is 0.118 e. The zero-order valence-corrected chi connectivity index (χ0v) is 17.1. The van der Waals surface area contributed by atoms with E-state index < -0.39 is 0 Å². The van der Waals surface area contributed by atoms with E-state index in [4.69, 9.17) is 4.74 Å². The molecule has 0 saturated heterocycles. The maximum Gasteiger partial charge on any atom is 0.118 e. The third-order valence-electron chi connectivity index (χ3n) is 3.98. The van der Waals surface area contributed by atoms with Gasteiger partial charge in [0.15, 0.2) is 0 Å². The minimum atomic E-state index is 0.645. The monoisotopic (exact) mass is 391 g/mol.